The van der Waals surface area contributed by atoms with Crippen molar-refractivity contribution >= 4 is 23.4 Å². The van der Waals surface area contributed by atoms with Gasteiger partial charge in [0.15, 0.2) is 5.11 Å². The third-order valence-corrected chi connectivity index (χ3v) is 2.41. The average molecular weight is 202 g/mol. The first-order valence-electron chi connectivity index (χ1n) is 4.20. The SMILES string of the molecule is NC(=O)NC1CCN(C(N)=S)CC1. The van der Waals surface area contributed by atoms with E-state index in [1.54, 1.807) is 0 Å². The third-order valence-electron chi connectivity index (χ3n) is 2.15. The minimum absolute atomic E-state index is 0.170. The number of carbonyl (C=O) groups is 1. The van der Waals surface area contributed by atoms with Gasteiger partial charge in [0.2, 0.25) is 0 Å². The molecule has 13 heavy (non-hydrogen) atoms. The third kappa shape index (κ3) is 3.06. The Bertz CT molecular complexity index is 213. The number of hydrogen-bond donors (Lipinski definition) is 3. The van der Waals surface area contributed by atoms with Crippen LogP contribution in [0.25, 0.3) is 0 Å². The van der Waals surface area contributed by atoms with Crippen molar-refractivity contribution in [2.45, 2.75) is 18.9 Å². The number of hydrogen-bond acceptors (Lipinski definition) is 2. The maximum Gasteiger partial charge on any atom is 0.312 e. The molecule has 5 nitrogen and oxygen atoms in total. The van der Waals surface area contributed by atoms with Crippen LogP contribution in [-0.2, 0) is 0 Å². The topological polar surface area (TPSA) is 84.4 Å². The quantitative estimate of drug-likeness (QED) is 0.494. The van der Waals surface area contributed by atoms with Gasteiger partial charge in [-0.25, -0.2) is 4.79 Å². The van der Waals surface area contributed by atoms with E-state index in [2.05, 4.69) is 5.32 Å². The molecule has 0 radical (unpaired) electrons. The van der Waals surface area contributed by atoms with Gasteiger partial charge in [0.05, 0.1) is 0 Å². The van der Waals surface area contributed by atoms with Crippen molar-refractivity contribution in [1.29, 1.82) is 0 Å². The van der Waals surface area contributed by atoms with Gasteiger partial charge in [-0.1, -0.05) is 0 Å². The fourth-order valence-electron chi connectivity index (χ4n) is 1.45. The van der Waals surface area contributed by atoms with Gasteiger partial charge in [-0.05, 0) is 25.1 Å². The highest BCUT2D eigenvalue weighted by Crippen LogP contribution is 2.09. The molecule has 0 spiro atoms. The van der Waals surface area contributed by atoms with Gasteiger partial charge in [-0.2, -0.15) is 0 Å². The fraction of sp³-hybridized carbons (Fsp3) is 0.714. The number of thiocarbonyl (C=S) groups is 1. The van der Waals surface area contributed by atoms with E-state index in [0.717, 1.165) is 25.9 Å². The molecule has 0 aromatic heterocycles. The van der Waals surface area contributed by atoms with E-state index in [9.17, 15) is 4.79 Å². The molecule has 0 atom stereocenters. The fourth-order valence-corrected chi connectivity index (χ4v) is 1.63. The van der Waals surface area contributed by atoms with E-state index >= 15 is 0 Å². The zero-order valence-electron chi connectivity index (χ0n) is 7.32. The lowest BCUT2D eigenvalue weighted by Gasteiger charge is -2.32. The number of nitrogens with one attached hydrogen (secondary N) is 1. The van der Waals surface area contributed by atoms with E-state index in [1.165, 1.54) is 0 Å². The minimum Gasteiger partial charge on any atom is -0.376 e. The minimum atomic E-state index is -0.464. The molecule has 1 rings (SSSR count). The van der Waals surface area contributed by atoms with Crippen molar-refractivity contribution in [3.8, 4) is 0 Å². The summed E-state index contributed by atoms with van der Waals surface area (Å²) in [6.45, 7) is 1.58. The van der Waals surface area contributed by atoms with Crippen LogP contribution in [0.2, 0.25) is 0 Å². The van der Waals surface area contributed by atoms with Crippen LogP contribution in [0.3, 0.4) is 0 Å². The normalized spacial score (nSPS) is 18.3. The van der Waals surface area contributed by atoms with Crippen LogP contribution in [0.1, 0.15) is 12.8 Å². The summed E-state index contributed by atoms with van der Waals surface area (Å²) in [5, 5.41) is 3.10. The van der Waals surface area contributed by atoms with E-state index in [1.807, 2.05) is 4.90 Å². The first-order valence-corrected chi connectivity index (χ1v) is 4.61. The number of rotatable bonds is 1. The molecule has 0 unspecified atom stereocenters. The van der Waals surface area contributed by atoms with Crippen molar-refractivity contribution in [3.63, 3.8) is 0 Å². The van der Waals surface area contributed by atoms with Crippen LogP contribution in [-0.4, -0.2) is 35.2 Å². The Morgan fingerprint density at radius 1 is 1.38 bits per heavy atom. The Balaban J connectivity index is 2.30. The summed E-state index contributed by atoms with van der Waals surface area (Å²) in [5.41, 5.74) is 10.5. The zero-order valence-corrected chi connectivity index (χ0v) is 8.14. The summed E-state index contributed by atoms with van der Waals surface area (Å²) in [6, 6.07) is -0.295. The molecule has 0 aliphatic carbocycles. The van der Waals surface area contributed by atoms with Gasteiger partial charge >= 0.3 is 6.03 Å². The van der Waals surface area contributed by atoms with E-state index < -0.39 is 6.03 Å². The van der Waals surface area contributed by atoms with E-state index in [-0.39, 0.29) is 6.04 Å². The van der Waals surface area contributed by atoms with Gasteiger partial charge in [0.1, 0.15) is 0 Å². The summed E-state index contributed by atoms with van der Waals surface area (Å²) in [5.74, 6) is 0. The second-order valence-corrected chi connectivity index (χ2v) is 3.53. The predicted molar refractivity (Wildman–Crippen MR) is 54.1 cm³/mol. The van der Waals surface area contributed by atoms with Gasteiger partial charge in [0.25, 0.3) is 0 Å². The standard InChI is InChI=1S/C7H14N4OS/c8-6(12)10-5-1-3-11(4-2-5)7(9)13/h5H,1-4H2,(H2,9,13)(H3,8,10,12). The summed E-state index contributed by atoms with van der Waals surface area (Å²) in [7, 11) is 0. The number of urea groups is 1. The Morgan fingerprint density at radius 2 is 1.92 bits per heavy atom. The van der Waals surface area contributed by atoms with Crippen LogP contribution in [0, 0.1) is 0 Å². The maximum atomic E-state index is 10.5. The molecule has 1 fully saturated rings. The van der Waals surface area contributed by atoms with Crippen LogP contribution in [0.4, 0.5) is 4.79 Å². The van der Waals surface area contributed by atoms with Gasteiger partial charge in [0, 0.05) is 19.1 Å². The summed E-state index contributed by atoms with van der Waals surface area (Å²) < 4.78 is 0. The number of nitrogens with two attached hydrogens (primary N) is 2. The maximum absolute atomic E-state index is 10.5. The Kier molecular flexibility index (Phi) is 3.30. The molecule has 1 heterocycles. The first kappa shape index (κ1) is 10.0. The van der Waals surface area contributed by atoms with Gasteiger partial charge < -0.3 is 21.7 Å². The smallest absolute Gasteiger partial charge is 0.312 e. The molecule has 2 amide bonds. The Labute approximate surface area is 82.4 Å². The van der Waals surface area contributed by atoms with Crippen LogP contribution in [0.15, 0.2) is 0 Å². The molecular formula is C7H14N4OS. The molecule has 1 aliphatic heterocycles. The molecule has 0 saturated carbocycles. The lowest BCUT2D eigenvalue weighted by molar-refractivity contribution is 0.234. The molecule has 1 aliphatic rings. The van der Waals surface area contributed by atoms with Crippen molar-refractivity contribution in [1.82, 2.24) is 10.2 Å². The van der Waals surface area contributed by atoms with Crippen molar-refractivity contribution < 1.29 is 4.79 Å². The molecule has 5 N–H and O–H groups in total. The van der Waals surface area contributed by atoms with Crippen LogP contribution in [0.5, 0.6) is 0 Å². The Morgan fingerprint density at radius 3 is 2.31 bits per heavy atom. The number of likely N-dealkylation sites (tertiary alicyclic amines) is 1. The molecule has 0 aromatic rings. The van der Waals surface area contributed by atoms with Crippen LogP contribution >= 0.6 is 12.2 Å². The van der Waals surface area contributed by atoms with Crippen molar-refractivity contribution in [2.24, 2.45) is 11.5 Å². The van der Waals surface area contributed by atoms with Gasteiger partial charge in [-0.3, -0.25) is 0 Å². The first-order chi connectivity index (χ1) is 6.09. The molecule has 6 heteroatoms. The zero-order chi connectivity index (χ0) is 9.84. The van der Waals surface area contributed by atoms with E-state index in [4.69, 9.17) is 23.7 Å². The predicted octanol–water partition coefficient (Wildman–Crippen LogP) is -0.637. The number of nitrogens with zero attached hydrogens (tertiary/aromatic N) is 1. The lowest BCUT2D eigenvalue weighted by atomic mass is 10.1. The van der Waals surface area contributed by atoms with Crippen LogP contribution < -0.4 is 16.8 Å². The van der Waals surface area contributed by atoms with Crippen molar-refractivity contribution in [3.05, 3.63) is 0 Å². The van der Waals surface area contributed by atoms with Gasteiger partial charge in [-0.15, -0.1) is 0 Å². The largest absolute Gasteiger partial charge is 0.376 e. The van der Waals surface area contributed by atoms with E-state index in [0.29, 0.717) is 5.11 Å². The molecular weight excluding hydrogens is 188 g/mol. The number of piperidine rings is 1. The average Bonchev–Trinajstić information content (AvgIpc) is 2.04. The number of carbonyl (C=O) groups excluding carboxylic acids is 1. The highest BCUT2D eigenvalue weighted by molar-refractivity contribution is 7.80. The lowest BCUT2D eigenvalue weighted by Crippen LogP contribution is -2.49. The molecule has 74 valence electrons. The molecule has 1 saturated heterocycles. The Hall–Kier alpha value is -1.04. The van der Waals surface area contributed by atoms with Crippen molar-refractivity contribution in [2.75, 3.05) is 13.1 Å². The summed E-state index contributed by atoms with van der Waals surface area (Å²) in [4.78, 5) is 12.5. The number of primary amides is 1. The highest BCUT2D eigenvalue weighted by atomic mass is 32.1. The second kappa shape index (κ2) is 4.27. The second-order valence-electron chi connectivity index (χ2n) is 3.11. The summed E-state index contributed by atoms with van der Waals surface area (Å²) >= 11 is 4.83. The number of amides is 2. The highest BCUT2D eigenvalue weighted by Gasteiger charge is 2.19. The molecule has 0 bridgehead atoms. The summed E-state index contributed by atoms with van der Waals surface area (Å²) in [6.07, 6.45) is 1.69. The monoisotopic (exact) mass is 202 g/mol. The molecule has 0 aromatic carbocycles.